The van der Waals surface area contributed by atoms with Crippen molar-refractivity contribution in [3.05, 3.63) is 0 Å². The molecule has 118 valence electrons. The summed E-state index contributed by atoms with van der Waals surface area (Å²) >= 11 is 0. The maximum absolute atomic E-state index is 11.6. The fourth-order valence-corrected chi connectivity index (χ4v) is 1.80. The molecule has 0 radical (unpaired) electrons. The lowest BCUT2D eigenvalue weighted by atomic mass is 9.95. The Morgan fingerprint density at radius 1 is 1.05 bits per heavy atom. The molecule has 0 aromatic carbocycles. The van der Waals surface area contributed by atoms with Gasteiger partial charge in [0.05, 0.1) is 5.92 Å². The number of carbonyl (C=O) groups is 2. The largest absolute Gasteiger partial charge is 0.425 e. The van der Waals surface area contributed by atoms with Crippen LogP contribution in [0.3, 0.4) is 0 Å². The minimum atomic E-state index is -0.866. The minimum absolute atomic E-state index is 0.236. The maximum atomic E-state index is 11.6. The van der Waals surface area contributed by atoms with E-state index in [2.05, 4.69) is 26.1 Å². The molecule has 1 amide bonds. The average Bonchev–Trinajstić information content (AvgIpc) is 2.33. The summed E-state index contributed by atoms with van der Waals surface area (Å²) < 4.78 is 9.94. The van der Waals surface area contributed by atoms with Gasteiger partial charge in [-0.1, -0.05) is 41.0 Å². The number of ether oxygens (including phenoxy) is 2. The zero-order chi connectivity index (χ0) is 15.7. The fourth-order valence-electron chi connectivity index (χ4n) is 1.80. The van der Waals surface area contributed by atoms with Crippen LogP contribution in [0.4, 0.5) is 4.79 Å². The van der Waals surface area contributed by atoms with Crippen LogP contribution in [0.25, 0.3) is 0 Å². The van der Waals surface area contributed by atoms with E-state index in [1.807, 2.05) is 0 Å². The Hall–Kier alpha value is -1.26. The molecule has 20 heavy (non-hydrogen) atoms. The fraction of sp³-hybridized carbons (Fsp3) is 0.867. The molecule has 0 saturated carbocycles. The molecule has 0 aromatic rings. The SMILES string of the molecule is CC[C@@H](CNC(=O)O[C@H](C)OC(=O)C(C)C)CC(C)C. The molecule has 5 heteroatoms. The van der Waals surface area contributed by atoms with Gasteiger partial charge in [0.15, 0.2) is 0 Å². The van der Waals surface area contributed by atoms with Crippen LogP contribution in [-0.2, 0) is 14.3 Å². The molecule has 1 N–H and O–H groups in total. The van der Waals surface area contributed by atoms with E-state index in [0.717, 1.165) is 12.8 Å². The van der Waals surface area contributed by atoms with Crippen LogP contribution in [-0.4, -0.2) is 24.9 Å². The Kier molecular flexibility index (Phi) is 9.01. The van der Waals surface area contributed by atoms with Gasteiger partial charge in [-0.2, -0.15) is 0 Å². The quantitative estimate of drug-likeness (QED) is 0.549. The molecule has 0 fully saturated rings. The molecule has 0 heterocycles. The van der Waals surface area contributed by atoms with Gasteiger partial charge in [-0.05, 0) is 18.3 Å². The van der Waals surface area contributed by atoms with Crippen molar-refractivity contribution in [2.75, 3.05) is 6.54 Å². The van der Waals surface area contributed by atoms with Crippen molar-refractivity contribution in [1.82, 2.24) is 5.32 Å². The first-order valence-corrected chi connectivity index (χ1v) is 7.41. The summed E-state index contributed by atoms with van der Waals surface area (Å²) in [7, 11) is 0. The molecular weight excluding hydrogens is 258 g/mol. The Balaban J connectivity index is 4.00. The zero-order valence-corrected chi connectivity index (χ0v) is 13.6. The van der Waals surface area contributed by atoms with Crippen LogP contribution in [0, 0.1) is 17.8 Å². The van der Waals surface area contributed by atoms with Crippen molar-refractivity contribution in [2.24, 2.45) is 17.8 Å². The first kappa shape index (κ1) is 18.7. The van der Waals surface area contributed by atoms with Crippen LogP contribution in [0.1, 0.15) is 54.4 Å². The van der Waals surface area contributed by atoms with Crippen LogP contribution in [0.2, 0.25) is 0 Å². The van der Waals surface area contributed by atoms with Crippen molar-refractivity contribution < 1.29 is 19.1 Å². The summed E-state index contributed by atoms with van der Waals surface area (Å²) in [5.41, 5.74) is 0. The highest BCUT2D eigenvalue weighted by Crippen LogP contribution is 2.14. The van der Waals surface area contributed by atoms with E-state index < -0.39 is 12.4 Å². The monoisotopic (exact) mass is 287 g/mol. The highest BCUT2D eigenvalue weighted by Gasteiger charge is 2.17. The van der Waals surface area contributed by atoms with Crippen molar-refractivity contribution in [3.63, 3.8) is 0 Å². The second kappa shape index (κ2) is 9.61. The van der Waals surface area contributed by atoms with E-state index in [9.17, 15) is 9.59 Å². The summed E-state index contributed by atoms with van der Waals surface area (Å²) in [6, 6.07) is 0. The van der Waals surface area contributed by atoms with Gasteiger partial charge in [0.2, 0.25) is 6.29 Å². The third-order valence-electron chi connectivity index (χ3n) is 2.94. The molecule has 0 aliphatic rings. The van der Waals surface area contributed by atoms with E-state index in [1.54, 1.807) is 13.8 Å². The molecule has 0 rings (SSSR count). The van der Waals surface area contributed by atoms with Gasteiger partial charge < -0.3 is 14.8 Å². The normalized spacial score (nSPS) is 14.0. The first-order valence-electron chi connectivity index (χ1n) is 7.41. The lowest BCUT2D eigenvalue weighted by molar-refractivity contribution is -0.168. The van der Waals surface area contributed by atoms with E-state index in [4.69, 9.17) is 9.47 Å². The Labute approximate surface area is 122 Å². The molecule has 0 aromatic heterocycles. The first-order chi connectivity index (χ1) is 9.26. The van der Waals surface area contributed by atoms with Crippen LogP contribution in [0.15, 0.2) is 0 Å². The van der Waals surface area contributed by atoms with Crippen molar-refractivity contribution in [3.8, 4) is 0 Å². The number of esters is 1. The summed E-state index contributed by atoms with van der Waals surface area (Å²) in [6.45, 7) is 12.0. The Bertz CT molecular complexity index is 302. The molecular formula is C15H29NO4. The lowest BCUT2D eigenvalue weighted by Gasteiger charge is -2.19. The molecule has 0 saturated heterocycles. The van der Waals surface area contributed by atoms with Crippen molar-refractivity contribution in [1.29, 1.82) is 0 Å². The summed E-state index contributed by atoms with van der Waals surface area (Å²) in [4.78, 5) is 22.9. The van der Waals surface area contributed by atoms with E-state index in [0.29, 0.717) is 18.4 Å². The van der Waals surface area contributed by atoms with Gasteiger partial charge >= 0.3 is 12.1 Å². The van der Waals surface area contributed by atoms with Gasteiger partial charge in [-0.3, -0.25) is 4.79 Å². The average molecular weight is 287 g/mol. The predicted molar refractivity (Wildman–Crippen MR) is 78.1 cm³/mol. The van der Waals surface area contributed by atoms with Crippen molar-refractivity contribution >= 4 is 12.1 Å². The highest BCUT2D eigenvalue weighted by molar-refractivity contribution is 5.72. The molecule has 5 nitrogen and oxygen atoms in total. The lowest BCUT2D eigenvalue weighted by Crippen LogP contribution is -2.34. The van der Waals surface area contributed by atoms with Gasteiger partial charge in [-0.15, -0.1) is 0 Å². The highest BCUT2D eigenvalue weighted by atomic mass is 16.7. The number of hydrogen-bond donors (Lipinski definition) is 1. The second-order valence-corrected chi connectivity index (χ2v) is 5.85. The molecule has 0 spiro atoms. The van der Waals surface area contributed by atoms with E-state index in [1.165, 1.54) is 6.92 Å². The molecule has 0 bridgehead atoms. The maximum Gasteiger partial charge on any atom is 0.410 e. The third-order valence-corrected chi connectivity index (χ3v) is 2.94. The topological polar surface area (TPSA) is 64.6 Å². The number of alkyl carbamates (subject to hydrolysis) is 1. The van der Waals surface area contributed by atoms with Gasteiger partial charge in [0.25, 0.3) is 0 Å². The van der Waals surface area contributed by atoms with Gasteiger partial charge in [-0.25, -0.2) is 4.79 Å². The number of nitrogens with one attached hydrogen (secondary N) is 1. The molecule has 0 unspecified atom stereocenters. The number of hydrogen-bond acceptors (Lipinski definition) is 4. The molecule has 0 aliphatic heterocycles. The van der Waals surface area contributed by atoms with Crippen LogP contribution in [0.5, 0.6) is 0 Å². The number of carbonyl (C=O) groups excluding carboxylic acids is 2. The minimum Gasteiger partial charge on any atom is -0.425 e. The van der Waals surface area contributed by atoms with Crippen LogP contribution >= 0.6 is 0 Å². The summed E-state index contributed by atoms with van der Waals surface area (Å²) in [6.07, 6.45) is 0.664. The smallest absolute Gasteiger partial charge is 0.410 e. The van der Waals surface area contributed by atoms with E-state index in [-0.39, 0.29) is 11.9 Å². The zero-order valence-electron chi connectivity index (χ0n) is 13.6. The number of rotatable bonds is 8. The summed E-state index contributed by atoms with van der Waals surface area (Å²) in [5, 5.41) is 2.72. The number of amides is 1. The molecule has 2 atom stereocenters. The summed E-state index contributed by atoms with van der Waals surface area (Å²) in [5.74, 6) is 0.427. The molecule has 0 aliphatic carbocycles. The van der Waals surface area contributed by atoms with Crippen LogP contribution < -0.4 is 5.32 Å². The Morgan fingerprint density at radius 2 is 1.65 bits per heavy atom. The predicted octanol–water partition coefficient (Wildman–Crippen LogP) is 3.33. The van der Waals surface area contributed by atoms with Gasteiger partial charge in [0, 0.05) is 13.5 Å². The Morgan fingerprint density at radius 3 is 2.10 bits per heavy atom. The standard InChI is InChI=1S/C15H29NO4/c1-7-13(8-10(2)3)9-16-15(18)20-12(6)19-14(17)11(4)5/h10-13H,7-9H2,1-6H3,(H,16,18)/t12-,13-/m1/s1. The third kappa shape index (κ3) is 8.77. The van der Waals surface area contributed by atoms with Crippen molar-refractivity contribution in [2.45, 2.75) is 60.7 Å². The van der Waals surface area contributed by atoms with E-state index >= 15 is 0 Å². The second-order valence-electron chi connectivity index (χ2n) is 5.85. The van der Waals surface area contributed by atoms with Gasteiger partial charge in [0.1, 0.15) is 0 Å².